The van der Waals surface area contributed by atoms with Crippen LogP contribution >= 0.6 is 0 Å². The Morgan fingerprint density at radius 2 is 2.32 bits per heavy atom. The number of nitrogens with two attached hydrogens (primary N) is 1. The smallest absolute Gasteiger partial charge is 0.223 e. The molecular weight excluding hydrogens is 240 g/mol. The molecule has 0 atom stereocenters. The van der Waals surface area contributed by atoms with E-state index in [0.29, 0.717) is 6.54 Å². The summed E-state index contributed by atoms with van der Waals surface area (Å²) in [5.41, 5.74) is 8.88. The van der Waals surface area contributed by atoms with E-state index in [1.165, 1.54) is 5.56 Å². The topological polar surface area (TPSA) is 83.8 Å². The zero-order chi connectivity index (χ0) is 13.2. The third-order valence-corrected chi connectivity index (χ3v) is 3.74. The predicted molar refractivity (Wildman–Crippen MR) is 73.5 cm³/mol. The van der Waals surface area contributed by atoms with Crippen LogP contribution in [0.1, 0.15) is 18.4 Å². The van der Waals surface area contributed by atoms with Crippen molar-refractivity contribution in [1.82, 2.24) is 15.3 Å². The van der Waals surface area contributed by atoms with Crippen molar-refractivity contribution < 1.29 is 4.79 Å². The molecule has 5 nitrogen and oxygen atoms in total. The van der Waals surface area contributed by atoms with Crippen LogP contribution in [0.25, 0.3) is 11.0 Å². The number of benzene rings is 1. The van der Waals surface area contributed by atoms with Gasteiger partial charge in [-0.05, 0) is 37.0 Å². The van der Waals surface area contributed by atoms with Crippen molar-refractivity contribution in [1.29, 1.82) is 0 Å². The molecule has 5 heteroatoms. The highest BCUT2D eigenvalue weighted by atomic mass is 16.1. The molecule has 1 aromatic carbocycles. The lowest BCUT2D eigenvalue weighted by atomic mass is 9.80. The standard InChI is InChI=1S/C14H18N4O/c15-11-6-10(7-11)14(19)16-4-3-9-1-2-12-13(5-9)18-8-17-12/h1-2,5,8,10-11H,3-4,6-7,15H2,(H,16,19)(H,17,18). The van der Waals surface area contributed by atoms with Gasteiger partial charge in [-0.15, -0.1) is 0 Å². The minimum atomic E-state index is 0.130. The quantitative estimate of drug-likeness (QED) is 0.763. The third kappa shape index (κ3) is 2.61. The number of carbonyl (C=O) groups excluding carboxylic acids is 1. The molecule has 1 aliphatic carbocycles. The average molecular weight is 258 g/mol. The minimum absolute atomic E-state index is 0.130. The molecule has 1 aromatic heterocycles. The van der Waals surface area contributed by atoms with Crippen LogP contribution in [0.4, 0.5) is 0 Å². The minimum Gasteiger partial charge on any atom is -0.356 e. The van der Waals surface area contributed by atoms with Gasteiger partial charge in [0.05, 0.1) is 17.4 Å². The fourth-order valence-corrected chi connectivity index (χ4v) is 2.49. The van der Waals surface area contributed by atoms with E-state index in [2.05, 4.69) is 27.4 Å². The van der Waals surface area contributed by atoms with Crippen molar-refractivity contribution in [3.8, 4) is 0 Å². The van der Waals surface area contributed by atoms with Crippen molar-refractivity contribution in [3.05, 3.63) is 30.1 Å². The SMILES string of the molecule is NC1CC(C(=O)NCCc2ccc3nc[nH]c3c2)C1. The van der Waals surface area contributed by atoms with Gasteiger partial charge in [0, 0.05) is 18.5 Å². The maximum atomic E-state index is 11.7. The number of imidazole rings is 1. The molecule has 1 aliphatic rings. The number of rotatable bonds is 4. The summed E-state index contributed by atoms with van der Waals surface area (Å²) >= 11 is 0. The summed E-state index contributed by atoms with van der Waals surface area (Å²) in [5, 5.41) is 2.98. The van der Waals surface area contributed by atoms with Crippen LogP contribution in [0.2, 0.25) is 0 Å². The lowest BCUT2D eigenvalue weighted by molar-refractivity contribution is -0.127. The van der Waals surface area contributed by atoms with Crippen LogP contribution in [0.15, 0.2) is 24.5 Å². The number of aromatic amines is 1. The Balaban J connectivity index is 1.50. The second-order valence-electron chi connectivity index (χ2n) is 5.22. The summed E-state index contributed by atoms with van der Waals surface area (Å²) in [7, 11) is 0. The van der Waals surface area contributed by atoms with E-state index in [1.54, 1.807) is 6.33 Å². The molecule has 0 aliphatic heterocycles. The predicted octanol–water partition coefficient (Wildman–Crippen LogP) is 0.959. The van der Waals surface area contributed by atoms with Crippen molar-refractivity contribution in [2.75, 3.05) is 6.54 Å². The van der Waals surface area contributed by atoms with Gasteiger partial charge in [-0.25, -0.2) is 4.98 Å². The van der Waals surface area contributed by atoms with Crippen LogP contribution < -0.4 is 11.1 Å². The highest BCUT2D eigenvalue weighted by molar-refractivity contribution is 5.79. The molecule has 0 saturated heterocycles. The van der Waals surface area contributed by atoms with Gasteiger partial charge in [0.15, 0.2) is 0 Å². The number of nitrogens with one attached hydrogen (secondary N) is 2. The highest BCUT2D eigenvalue weighted by Gasteiger charge is 2.31. The van der Waals surface area contributed by atoms with Gasteiger partial charge in [-0.3, -0.25) is 4.79 Å². The number of amides is 1. The summed E-state index contributed by atoms with van der Waals surface area (Å²) < 4.78 is 0. The van der Waals surface area contributed by atoms with Gasteiger partial charge in [-0.1, -0.05) is 6.07 Å². The van der Waals surface area contributed by atoms with E-state index in [9.17, 15) is 4.79 Å². The van der Waals surface area contributed by atoms with Crippen molar-refractivity contribution in [2.24, 2.45) is 11.7 Å². The van der Waals surface area contributed by atoms with Crippen LogP contribution in [-0.4, -0.2) is 28.5 Å². The van der Waals surface area contributed by atoms with Gasteiger partial charge < -0.3 is 16.0 Å². The molecule has 2 aromatic rings. The monoisotopic (exact) mass is 258 g/mol. The lowest BCUT2D eigenvalue weighted by Gasteiger charge is -2.31. The lowest BCUT2D eigenvalue weighted by Crippen LogP contribution is -2.45. The Hall–Kier alpha value is -1.88. The second-order valence-corrected chi connectivity index (χ2v) is 5.22. The molecule has 4 N–H and O–H groups in total. The van der Waals surface area contributed by atoms with E-state index in [4.69, 9.17) is 5.73 Å². The Morgan fingerprint density at radius 1 is 1.47 bits per heavy atom. The van der Waals surface area contributed by atoms with E-state index in [0.717, 1.165) is 30.3 Å². The van der Waals surface area contributed by atoms with Crippen molar-refractivity contribution >= 4 is 16.9 Å². The van der Waals surface area contributed by atoms with Gasteiger partial charge in [0.1, 0.15) is 0 Å². The molecule has 0 bridgehead atoms. The molecule has 0 unspecified atom stereocenters. The van der Waals surface area contributed by atoms with Gasteiger partial charge >= 0.3 is 0 Å². The number of hydrogen-bond donors (Lipinski definition) is 3. The first kappa shape index (κ1) is 12.2. The van der Waals surface area contributed by atoms with Gasteiger partial charge in [0.2, 0.25) is 5.91 Å². The zero-order valence-corrected chi connectivity index (χ0v) is 10.7. The Morgan fingerprint density at radius 3 is 3.11 bits per heavy atom. The molecule has 0 spiro atoms. The third-order valence-electron chi connectivity index (χ3n) is 3.74. The maximum absolute atomic E-state index is 11.7. The van der Waals surface area contributed by atoms with E-state index in [1.807, 2.05) is 6.07 Å². The Kier molecular flexibility index (Phi) is 3.21. The fraction of sp³-hybridized carbons (Fsp3) is 0.429. The number of H-pyrrole nitrogens is 1. The number of fused-ring (bicyclic) bond motifs is 1. The first-order valence-electron chi connectivity index (χ1n) is 6.67. The van der Waals surface area contributed by atoms with Gasteiger partial charge in [-0.2, -0.15) is 0 Å². The summed E-state index contributed by atoms with van der Waals surface area (Å²) in [6, 6.07) is 6.34. The highest BCUT2D eigenvalue weighted by Crippen LogP contribution is 2.25. The molecule has 1 heterocycles. The summed E-state index contributed by atoms with van der Waals surface area (Å²) in [6.45, 7) is 0.671. The second kappa shape index (κ2) is 5.01. The van der Waals surface area contributed by atoms with E-state index in [-0.39, 0.29) is 17.9 Å². The number of hydrogen-bond acceptors (Lipinski definition) is 3. The van der Waals surface area contributed by atoms with Crippen molar-refractivity contribution in [2.45, 2.75) is 25.3 Å². The van der Waals surface area contributed by atoms with Crippen molar-refractivity contribution in [3.63, 3.8) is 0 Å². The normalized spacial score (nSPS) is 22.2. The Labute approximate surface area is 111 Å². The zero-order valence-electron chi connectivity index (χ0n) is 10.7. The average Bonchev–Trinajstić information content (AvgIpc) is 2.82. The summed E-state index contributed by atoms with van der Waals surface area (Å²) in [5.74, 6) is 0.273. The largest absolute Gasteiger partial charge is 0.356 e. The first-order valence-corrected chi connectivity index (χ1v) is 6.67. The van der Waals surface area contributed by atoms with Crippen LogP contribution in [0.5, 0.6) is 0 Å². The number of aromatic nitrogens is 2. The van der Waals surface area contributed by atoms with E-state index >= 15 is 0 Å². The molecular formula is C14H18N4O. The molecule has 0 radical (unpaired) electrons. The van der Waals surface area contributed by atoms with Gasteiger partial charge in [0.25, 0.3) is 0 Å². The summed E-state index contributed by atoms with van der Waals surface area (Å²) in [4.78, 5) is 19.0. The molecule has 1 saturated carbocycles. The van der Waals surface area contributed by atoms with Crippen LogP contribution in [0, 0.1) is 5.92 Å². The molecule has 3 rings (SSSR count). The Bertz CT molecular complexity index is 586. The molecule has 1 amide bonds. The fourth-order valence-electron chi connectivity index (χ4n) is 2.49. The summed E-state index contributed by atoms with van der Waals surface area (Å²) in [6.07, 6.45) is 4.17. The molecule has 1 fully saturated rings. The number of carbonyl (C=O) groups is 1. The first-order chi connectivity index (χ1) is 9.22. The number of nitrogens with zero attached hydrogens (tertiary/aromatic N) is 1. The van der Waals surface area contributed by atoms with Crippen LogP contribution in [-0.2, 0) is 11.2 Å². The van der Waals surface area contributed by atoms with E-state index < -0.39 is 0 Å². The maximum Gasteiger partial charge on any atom is 0.223 e. The van der Waals surface area contributed by atoms with Crippen LogP contribution in [0.3, 0.4) is 0 Å². The molecule has 19 heavy (non-hydrogen) atoms. The molecule has 100 valence electrons.